The molecule has 31 heavy (non-hydrogen) atoms. The summed E-state index contributed by atoms with van der Waals surface area (Å²) in [4.78, 5) is 31.2. The van der Waals surface area contributed by atoms with E-state index in [9.17, 15) is 9.59 Å². The third-order valence-electron chi connectivity index (χ3n) is 5.92. The van der Waals surface area contributed by atoms with Crippen molar-refractivity contribution in [3.63, 3.8) is 0 Å². The van der Waals surface area contributed by atoms with Gasteiger partial charge in [-0.05, 0) is 65.0 Å². The predicted octanol–water partition coefficient (Wildman–Crippen LogP) is 4.45. The summed E-state index contributed by atoms with van der Waals surface area (Å²) < 4.78 is 2.33. The summed E-state index contributed by atoms with van der Waals surface area (Å²) in [6.45, 7) is 2.07. The number of nitrogens with one attached hydrogen (secondary N) is 1. The van der Waals surface area contributed by atoms with Gasteiger partial charge >= 0.3 is 0 Å². The van der Waals surface area contributed by atoms with Crippen molar-refractivity contribution < 1.29 is 4.79 Å². The number of hydrogen-bond acceptors (Lipinski definition) is 4. The number of pyridine rings is 2. The van der Waals surface area contributed by atoms with Crippen molar-refractivity contribution in [2.24, 2.45) is 0 Å². The highest BCUT2D eigenvalue weighted by Crippen LogP contribution is 2.23. The molecule has 0 radical (unpaired) electrons. The van der Waals surface area contributed by atoms with Crippen LogP contribution in [-0.4, -0.2) is 21.5 Å². The number of aryl methyl sites for hydroxylation is 1. The van der Waals surface area contributed by atoms with Gasteiger partial charge in [-0.25, -0.2) is 4.98 Å². The second kappa shape index (κ2) is 9.03. The van der Waals surface area contributed by atoms with Crippen molar-refractivity contribution in [3.8, 4) is 6.07 Å². The fraction of sp³-hybridized carbons (Fsp3) is 0.333. The lowest BCUT2D eigenvalue weighted by atomic mass is 9.95. The molecule has 1 aliphatic carbocycles. The van der Waals surface area contributed by atoms with Crippen LogP contribution in [0.1, 0.15) is 59.2 Å². The first kappa shape index (κ1) is 21.3. The van der Waals surface area contributed by atoms with Crippen LogP contribution < -0.4 is 10.9 Å². The van der Waals surface area contributed by atoms with E-state index in [4.69, 9.17) is 5.26 Å². The van der Waals surface area contributed by atoms with Gasteiger partial charge in [0.15, 0.2) is 0 Å². The third kappa shape index (κ3) is 4.40. The summed E-state index contributed by atoms with van der Waals surface area (Å²) in [7, 11) is 0. The number of amides is 1. The lowest BCUT2D eigenvalue weighted by Gasteiger charge is -2.23. The normalized spacial score (nSPS) is 14.4. The summed E-state index contributed by atoms with van der Waals surface area (Å²) in [5.74, 6) is -0.315. The maximum absolute atomic E-state index is 13.5. The van der Waals surface area contributed by atoms with Gasteiger partial charge in [0.2, 0.25) is 0 Å². The quantitative estimate of drug-likeness (QED) is 0.599. The monoisotopic (exact) mass is 478 g/mol. The SMILES string of the molecule is Cc1c(C(=O)NC2CCCCC2)c(=O)n(Cc2ccc(C#N)cc2)c2ncc(Br)cc12. The zero-order valence-corrected chi connectivity index (χ0v) is 18.9. The molecular weight excluding hydrogens is 456 g/mol. The van der Waals surface area contributed by atoms with Gasteiger partial charge in [0.25, 0.3) is 11.5 Å². The molecule has 0 saturated heterocycles. The maximum Gasteiger partial charge on any atom is 0.265 e. The molecule has 2 heterocycles. The summed E-state index contributed by atoms with van der Waals surface area (Å²) in [5, 5.41) is 12.9. The standard InChI is InChI=1S/C24H23BrN4O2/c1-15-20-11-18(25)13-27-22(20)29(14-17-9-7-16(12-26)8-10-17)24(31)21(15)23(30)28-19-5-3-2-4-6-19/h7-11,13,19H,2-6,14H2,1H3,(H,28,30). The summed E-state index contributed by atoms with van der Waals surface area (Å²) >= 11 is 3.45. The molecule has 1 aromatic carbocycles. The third-order valence-corrected chi connectivity index (χ3v) is 6.35. The molecule has 2 aromatic heterocycles. The number of aromatic nitrogens is 2. The molecule has 0 bridgehead atoms. The van der Waals surface area contributed by atoms with Crippen LogP contribution in [0.2, 0.25) is 0 Å². The van der Waals surface area contributed by atoms with Crippen LogP contribution in [0.3, 0.4) is 0 Å². The molecule has 6 nitrogen and oxygen atoms in total. The predicted molar refractivity (Wildman–Crippen MR) is 123 cm³/mol. The highest BCUT2D eigenvalue weighted by molar-refractivity contribution is 9.10. The number of halogens is 1. The zero-order valence-electron chi connectivity index (χ0n) is 17.3. The number of nitrogens with zero attached hydrogens (tertiary/aromatic N) is 3. The molecule has 1 saturated carbocycles. The molecule has 0 atom stereocenters. The first-order valence-corrected chi connectivity index (χ1v) is 11.3. The molecule has 1 fully saturated rings. The van der Waals surface area contributed by atoms with Crippen LogP contribution >= 0.6 is 15.9 Å². The maximum atomic E-state index is 13.5. The van der Waals surface area contributed by atoms with E-state index >= 15 is 0 Å². The van der Waals surface area contributed by atoms with Gasteiger partial charge in [-0.2, -0.15) is 5.26 Å². The summed E-state index contributed by atoms with van der Waals surface area (Å²) in [5.41, 5.74) is 2.40. The Bertz CT molecular complexity index is 1240. The number of hydrogen-bond donors (Lipinski definition) is 1. The molecule has 0 aliphatic heterocycles. The molecule has 7 heteroatoms. The van der Waals surface area contributed by atoms with E-state index in [-0.39, 0.29) is 29.6 Å². The summed E-state index contributed by atoms with van der Waals surface area (Å²) in [6, 6.07) is 11.2. The van der Waals surface area contributed by atoms with Crippen LogP contribution in [0, 0.1) is 18.3 Å². The van der Waals surface area contributed by atoms with Crippen molar-refractivity contribution in [1.82, 2.24) is 14.9 Å². The Balaban J connectivity index is 1.81. The van der Waals surface area contributed by atoms with Gasteiger partial charge in [0.1, 0.15) is 11.2 Å². The van der Waals surface area contributed by atoms with Crippen LogP contribution in [0.15, 0.2) is 45.8 Å². The highest BCUT2D eigenvalue weighted by Gasteiger charge is 2.24. The second-order valence-corrected chi connectivity index (χ2v) is 8.95. The van der Waals surface area contributed by atoms with Gasteiger partial charge in [-0.3, -0.25) is 14.2 Å². The van der Waals surface area contributed by atoms with Crippen molar-refractivity contribution in [2.75, 3.05) is 0 Å². The number of fused-ring (bicyclic) bond motifs is 1. The van der Waals surface area contributed by atoms with Gasteiger partial charge < -0.3 is 5.32 Å². The Morgan fingerprint density at radius 3 is 2.65 bits per heavy atom. The number of nitriles is 1. The molecule has 158 valence electrons. The van der Waals surface area contributed by atoms with E-state index in [1.807, 2.05) is 18.2 Å². The lowest BCUT2D eigenvalue weighted by molar-refractivity contribution is 0.0925. The van der Waals surface area contributed by atoms with E-state index in [2.05, 4.69) is 32.3 Å². The average molecular weight is 479 g/mol. The first-order valence-electron chi connectivity index (χ1n) is 10.5. The molecule has 0 unspecified atom stereocenters. The molecule has 1 N–H and O–H groups in total. The minimum Gasteiger partial charge on any atom is -0.349 e. The van der Waals surface area contributed by atoms with Crippen LogP contribution in [0.4, 0.5) is 0 Å². The highest BCUT2D eigenvalue weighted by atomic mass is 79.9. The number of carbonyl (C=O) groups excluding carboxylic acids is 1. The molecule has 1 amide bonds. The molecule has 1 aliphatic rings. The van der Waals surface area contributed by atoms with Crippen molar-refractivity contribution in [1.29, 1.82) is 5.26 Å². The Labute approximate surface area is 189 Å². The lowest BCUT2D eigenvalue weighted by Crippen LogP contribution is -2.40. The van der Waals surface area contributed by atoms with Crippen molar-refractivity contribution in [3.05, 3.63) is 73.6 Å². The van der Waals surface area contributed by atoms with E-state index in [0.717, 1.165) is 41.1 Å². The van der Waals surface area contributed by atoms with Gasteiger partial charge in [0, 0.05) is 22.1 Å². The second-order valence-electron chi connectivity index (χ2n) is 8.03. The van der Waals surface area contributed by atoms with Crippen LogP contribution in [-0.2, 0) is 6.54 Å². The molecular formula is C24H23BrN4O2. The smallest absolute Gasteiger partial charge is 0.265 e. The Morgan fingerprint density at radius 1 is 1.26 bits per heavy atom. The van der Waals surface area contributed by atoms with Crippen molar-refractivity contribution in [2.45, 2.75) is 51.6 Å². The van der Waals surface area contributed by atoms with Crippen LogP contribution in [0.25, 0.3) is 11.0 Å². The number of carbonyl (C=O) groups is 1. The van der Waals surface area contributed by atoms with E-state index in [1.165, 1.54) is 6.42 Å². The Hall–Kier alpha value is -2.98. The van der Waals surface area contributed by atoms with Gasteiger partial charge in [-0.1, -0.05) is 31.4 Å². The molecule has 0 spiro atoms. The zero-order chi connectivity index (χ0) is 22.0. The van der Waals surface area contributed by atoms with E-state index in [0.29, 0.717) is 16.8 Å². The van der Waals surface area contributed by atoms with Crippen molar-refractivity contribution >= 4 is 32.9 Å². The fourth-order valence-electron chi connectivity index (χ4n) is 4.24. The largest absolute Gasteiger partial charge is 0.349 e. The van der Waals surface area contributed by atoms with Gasteiger partial charge in [-0.15, -0.1) is 0 Å². The Morgan fingerprint density at radius 2 is 1.97 bits per heavy atom. The first-order chi connectivity index (χ1) is 15.0. The van der Waals surface area contributed by atoms with Gasteiger partial charge in [0.05, 0.1) is 18.2 Å². The summed E-state index contributed by atoms with van der Waals surface area (Å²) in [6.07, 6.45) is 6.94. The van der Waals surface area contributed by atoms with E-state index < -0.39 is 0 Å². The minimum atomic E-state index is -0.350. The Kier molecular flexibility index (Phi) is 6.19. The minimum absolute atomic E-state index is 0.114. The van der Waals surface area contributed by atoms with Crippen LogP contribution in [0.5, 0.6) is 0 Å². The molecule has 4 rings (SSSR count). The topological polar surface area (TPSA) is 87.8 Å². The number of rotatable bonds is 4. The average Bonchev–Trinajstić information content (AvgIpc) is 2.78. The number of benzene rings is 1. The van der Waals surface area contributed by atoms with E-state index in [1.54, 1.807) is 29.8 Å². The fourth-order valence-corrected chi connectivity index (χ4v) is 4.57. The molecule has 3 aromatic rings.